The highest BCUT2D eigenvalue weighted by molar-refractivity contribution is 9.10. The molecule has 0 bridgehead atoms. The van der Waals surface area contributed by atoms with E-state index in [1.165, 1.54) is 0 Å². The van der Waals surface area contributed by atoms with Gasteiger partial charge in [-0.3, -0.25) is 0 Å². The van der Waals surface area contributed by atoms with E-state index in [0.717, 1.165) is 23.1 Å². The molecule has 16 heavy (non-hydrogen) atoms. The van der Waals surface area contributed by atoms with Gasteiger partial charge < -0.3 is 4.90 Å². The molecule has 0 N–H and O–H groups in total. The standard InChI is InChI=1S/C13H13BrN2/c1-3-7-16(8-4-2)13-6-5-12(14)9-11(13)10-15/h1,5-6,9H,4,7-8H2,2H3. The molecule has 1 rings (SSSR count). The fourth-order valence-corrected chi connectivity index (χ4v) is 1.90. The zero-order valence-electron chi connectivity index (χ0n) is 9.20. The van der Waals surface area contributed by atoms with Crippen molar-refractivity contribution in [2.24, 2.45) is 0 Å². The first-order valence-corrected chi connectivity index (χ1v) is 5.90. The Kier molecular flexibility index (Phi) is 4.89. The number of rotatable bonds is 4. The van der Waals surface area contributed by atoms with E-state index in [2.05, 4.69) is 34.8 Å². The van der Waals surface area contributed by atoms with Crippen LogP contribution in [-0.4, -0.2) is 13.1 Å². The predicted molar refractivity (Wildman–Crippen MR) is 70.2 cm³/mol. The van der Waals surface area contributed by atoms with Crippen molar-refractivity contribution in [3.8, 4) is 18.4 Å². The lowest BCUT2D eigenvalue weighted by atomic mass is 10.1. The van der Waals surface area contributed by atoms with E-state index < -0.39 is 0 Å². The Hall–Kier alpha value is -1.45. The second-order valence-corrected chi connectivity index (χ2v) is 4.31. The van der Waals surface area contributed by atoms with Gasteiger partial charge in [-0.15, -0.1) is 6.42 Å². The maximum atomic E-state index is 9.08. The summed E-state index contributed by atoms with van der Waals surface area (Å²) in [6.07, 6.45) is 6.34. The van der Waals surface area contributed by atoms with Gasteiger partial charge in [0, 0.05) is 11.0 Å². The quantitative estimate of drug-likeness (QED) is 0.790. The average molecular weight is 277 g/mol. The minimum absolute atomic E-state index is 0.532. The van der Waals surface area contributed by atoms with Gasteiger partial charge in [-0.1, -0.05) is 28.8 Å². The fourth-order valence-electron chi connectivity index (χ4n) is 1.54. The lowest BCUT2D eigenvalue weighted by molar-refractivity contribution is 0.822. The third-order valence-corrected chi connectivity index (χ3v) is 2.69. The van der Waals surface area contributed by atoms with Crippen LogP contribution in [-0.2, 0) is 0 Å². The van der Waals surface area contributed by atoms with Gasteiger partial charge in [-0.2, -0.15) is 5.26 Å². The zero-order valence-corrected chi connectivity index (χ0v) is 10.8. The molecule has 0 amide bonds. The van der Waals surface area contributed by atoms with E-state index in [1.54, 1.807) is 0 Å². The molecule has 3 heteroatoms. The summed E-state index contributed by atoms with van der Waals surface area (Å²) in [4.78, 5) is 2.05. The molecule has 82 valence electrons. The van der Waals surface area contributed by atoms with Crippen LogP contribution >= 0.6 is 15.9 Å². The van der Waals surface area contributed by atoms with E-state index in [4.69, 9.17) is 11.7 Å². The summed E-state index contributed by atoms with van der Waals surface area (Å²) in [6, 6.07) is 7.86. The molecule has 0 saturated heterocycles. The molecule has 0 spiro atoms. The van der Waals surface area contributed by atoms with E-state index in [-0.39, 0.29) is 0 Å². The number of hydrogen-bond donors (Lipinski definition) is 0. The second-order valence-electron chi connectivity index (χ2n) is 3.40. The molecular formula is C13H13BrN2. The van der Waals surface area contributed by atoms with Crippen LogP contribution in [0.4, 0.5) is 5.69 Å². The minimum Gasteiger partial charge on any atom is -0.359 e. The maximum Gasteiger partial charge on any atom is 0.101 e. The van der Waals surface area contributed by atoms with Crippen molar-refractivity contribution in [1.29, 1.82) is 5.26 Å². The van der Waals surface area contributed by atoms with Gasteiger partial charge in [0.15, 0.2) is 0 Å². The normalized spacial score (nSPS) is 9.25. The van der Waals surface area contributed by atoms with E-state index >= 15 is 0 Å². The molecule has 0 heterocycles. The van der Waals surface area contributed by atoms with Crippen molar-refractivity contribution in [3.05, 3.63) is 28.2 Å². The summed E-state index contributed by atoms with van der Waals surface area (Å²) in [5.74, 6) is 2.62. The lowest BCUT2D eigenvalue weighted by Crippen LogP contribution is -2.25. The van der Waals surface area contributed by atoms with Crippen molar-refractivity contribution in [3.63, 3.8) is 0 Å². The van der Waals surface area contributed by atoms with E-state index in [0.29, 0.717) is 12.1 Å². The number of benzene rings is 1. The number of halogens is 1. The van der Waals surface area contributed by atoms with Crippen LogP contribution in [0.15, 0.2) is 22.7 Å². The number of terminal acetylenes is 1. The topological polar surface area (TPSA) is 27.0 Å². The molecule has 0 aliphatic heterocycles. The molecule has 0 unspecified atom stereocenters. The van der Waals surface area contributed by atoms with Crippen LogP contribution < -0.4 is 4.90 Å². The van der Waals surface area contributed by atoms with E-state index in [1.807, 2.05) is 23.1 Å². The largest absolute Gasteiger partial charge is 0.359 e. The van der Waals surface area contributed by atoms with Crippen molar-refractivity contribution in [2.45, 2.75) is 13.3 Å². The maximum absolute atomic E-state index is 9.08. The van der Waals surface area contributed by atoms with Crippen LogP contribution in [0.5, 0.6) is 0 Å². The summed E-state index contributed by atoms with van der Waals surface area (Å²) >= 11 is 3.35. The summed E-state index contributed by atoms with van der Waals surface area (Å²) in [5, 5.41) is 9.08. The molecule has 0 radical (unpaired) electrons. The first-order chi connectivity index (χ1) is 7.72. The first-order valence-electron chi connectivity index (χ1n) is 5.11. The van der Waals surface area contributed by atoms with Crippen molar-refractivity contribution < 1.29 is 0 Å². The number of anilines is 1. The molecule has 1 aromatic rings. The third-order valence-electron chi connectivity index (χ3n) is 2.20. The summed E-state index contributed by atoms with van der Waals surface area (Å²) in [5.41, 5.74) is 1.56. The van der Waals surface area contributed by atoms with Crippen LogP contribution in [0.3, 0.4) is 0 Å². The van der Waals surface area contributed by atoms with Crippen LogP contribution in [0, 0.1) is 23.7 Å². The minimum atomic E-state index is 0.532. The van der Waals surface area contributed by atoms with Gasteiger partial charge in [0.25, 0.3) is 0 Å². The monoisotopic (exact) mass is 276 g/mol. The molecule has 0 aliphatic carbocycles. The summed E-state index contributed by atoms with van der Waals surface area (Å²) in [7, 11) is 0. The number of nitrogens with zero attached hydrogens (tertiary/aromatic N) is 2. The van der Waals surface area contributed by atoms with Crippen molar-refractivity contribution in [2.75, 3.05) is 18.0 Å². The highest BCUT2D eigenvalue weighted by atomic mass is 79.9. The highest BCUT2D eigenvalue weighted by Gasteiger charge is 2.09. The van der Waals surface area contributed by atoms with Gasteiger partial charge in [0.1, 0.15) is 6.07 Å². The van der Waals surface area contributed by atoms with Crippen LogP contribution in [0.1, 0.15) is 18.9 Å². The Morgan fingerprint density at radius 3 is 2.81 bits per heavy atom. The Morgan fingerprint density at radius 1 is 1.50 bits per heavy atom. The second kappa shape index (κ2) is 6.20. The third kappa shape index (κ3) is 3.02. The van der Waals surface area contributed by atoms with Gasteiger partial charge in [0.05, 0.1) is 17.8 Å². The van der Waals surface area contributed by atoms with Crippen molar-refractivity contribution in [1.82, 2.24) is 0 Å². The molecular weight excluding hydrogens is 264 g/mol. The first kappa shape index (κ1) is 12.6. The van der Waals surface area contributed by atoms with Gasteiger partial charge >= 0.3 is 0 Å². The average Bonchev–Trinajstić information content (AvgIpc) is 2.28. The molecule has 1 aromatic carbocycles. The lowest BCUT2D eigenvalue weighted by Gasteiger charge is -2.22. The molecule has 2 nitrogen and oxygen atoms in total. The van der Waals surface area contributed by atoms with Crippen molar-refractivity contribution >= 4 is 21.6 Å². The Bertz CT molecular complexity index is 440. The summed E-state index contributed by atoms with van der Waals surface area (Å²) < 4.78 is 0.907. The van der Waals surface area contributed by atoms with Gasteiger partial charge in [0.2, 0.25) is 0 Å². The van der Waals surface area contributed by atoms with Crippen LogP contribution in [0.2, 0.25) is 0 Å². The Balaban J connectivity index is 3.09. The number of hydrogen-bond acceptors (Lipinski definition) is 2. The van der Waals surface area contributed by atoms with Crippen LogP contribution in [0.25, 0.3) is 0 Å². The SMILES string of the molecule is C#CCN(CCC)c1ccc(Br)cc1C#N. The Labute approximate surface area is 105 Å². The molecule has 0 aromatic heterocycles. The van der Waals surface area contributed by atoms with Gasteiger partial charge in [-0.25, -0.2) is 0 Å². The van der Waals surface area contributed by atoms with E-state index in [9.17, 15) is 0 Å². The van der Waals surface area contributed by atoms with Gasteiger partial charge in [-0.05, 0) is 24.6 Å². The predicted octanol–water partition coefficient (Wildman–Crippen LogP) is 3.17. The molecule has 0 fully saturated rings. The molecule has 0 aliphatic rings. The molecule has 0 atom stereocenters. The highest BCUT2D eigenvalue weighted by Crippen LogP contribution is 2.24. The fraction of sp³-hybridized carbons (Fsp3) is 0.308. The summed E-state index contributed by atoms with van der Waals surface area (Å²) in [6.45, 7) is 3.49. The number of nitriles is 1. The zero-order chi connectivity index (χ0) is 12.0. The Morgan fingerprint density at radius 2 is 2.25 bits per heavy atom. The molecule has 0 saturated carbocycles. The smallest absolute Gasteiger partial charge is 0.101 e.